The number of carbonyl (C=O) groups excluding carboxylic acids is 1. The first kappa shape index (κ1) is 41.5. The number of hydrogen-bond donors (Lipinski definition) is 3. The van der Waals surface area contributed by atoms with Gasteiger partial charge < -0.3 is 35.0 Å². The number of primary amides is 1. The molecule has 3 aliphatic heterocycles. The minimum absolute atomic E-state index is 0.250. The summed E-state index contributed by atoms with van der Waals surface area (Å²) in [5, 5.41) is 15.1. The highest BCUT2D eigenvalue weighted by atomic mass is 35.5. The Balaban J connectivity index is 0.000000407. The van der Waals surface area contributed by atoms with Crippen molar-refractivity contribution in [2.24, 2.45) is 10.9 Å². The lowest BCUT2D eigenvalue weighted by Crippen LogP contribution is -2.41. The Morgan fingerprint density at radius 2 is 1.61 bits per heavy atom. The lowest BCUT2D eigenvalue weighted by atomic mass is 9.75. The van der Waals surface area contributed by atoms with Crippen LogP contribution >= 0.6 is 11.6 Å². The van der Waals surface area contributed by atoms with Crippen LogP contribution in [0.15, 0.2) is 17.3 Å². The van der Waals surface area contributed by atoms with E-state index in [2.05, 4.69) is 46.6 Å². The van der Waals surface area contributed by atoms with Crippen LogP contribution in [-0.4, -0.2) is 85.5 Å². The van der Waals surface area contributed by atoms with Gasteiger partial charge in [-0.05, 0) is 118 Å². The number of nitrogens with zero attached hydrogens (tertiary/aromatic N) is 2. The van der Waals surface area contributed by atoms with Gasteiger partial charge in [-0.2, -0.15) is 0 Å². The van der Waals surface area contributed by atoms with Gasteiger partial charge in [-0.3, -0.25) is 9.69 Å². The second-order valence-corrected chi connectivity index (χ2v) is 13.8. The highest BCUT2D eigenvalue weighted by Crippen LogP contribution is 2.37. The number of hydrogen-bond acceptors (Lipinski definition) is 9. The van der Waals surface area contributed by atoms with Crippen molar-refractivity contribution in [3.63, 3.8) is 0 Å². The van der Waals surface area contributed by atoms with E-state index in [0.29, 0.717) is 23.8 Å². The Morgan fingerprint density at radius 1 is 1.07 bits per heavy atom. The van der Waals surface area contributed by atoms with Gasteiger partial charge in [-0.25, -0.2) is 4.79 Å². The minimum Gasteiger partial charge on any atom is -0.483 e. The summed E-state index contributed by atoms with van der Waals surface area (Å²) in [5.41, 5.74) is 6.80. The molecule has 0 spiro atoms. The van der Waals surface area contributed by atoms with E-state index >= 15 is 0 Å². The molecule has 0 atom stereocenters. The topological polar surface area (TPSA) is 145 Å². The van der Waals surface area contributed by atoms with Crippen molar-refractivity contribution in [1.82, 2.24) is 4.90 Å². The lowest BCUT2D eigenvalue weighted by Gasteiger charge is -2.32. The third-order valence-corrected chi connectivity index (χ3v) is 8.08. The molecule has 4 aliphatic rings. The highest BCUT2D eigenvalue weighted by Gasteiger charge is 2.52. The summed E-state index contributed by atoms with van der Waals surface area (Å²) in [4.78, 5) is 25.9. The van der Waals surface area contributed by atoms with E-state index in [-0.39, 0.29) is 6.47 Å². The average molecular weight is 669 g/mol. The molecule has 2 saturated heterocycles. The van der Waals surface area contributed by atoms with Crippen LogP contribution < -0.4 is 16.5 Å². The van der Waals surface area contributed by atoms with Crippen LogP contribution in [-0.2, 0) is 23.7 Å². The van der Waals surface area contributed by atoms with E-state index in [9.17, 15) is 4.79 Å². The summed E-state index contributed by atoms with van der Waals surface area (Å²) in [5.74, 6) is 0. The van der Waals surface area contributed by atoms with E-state index in [4.69, 9.17) is 35.6 Å². The van der Waals surface area contributed by atoms with Crippen LogP contribution in [0.2, 0.25) is 5.02 Å². The van der Waals surface area contributed by atoms with E-state index in [1.54, 1.807) is 13.1 Å². The van der Waals surface area contributed by atoms with Crippen LogP contribution in [0.3, 0.4) is 0 Å². The maximum Gasteiger partial charge on any atom is 0.495 e. The maximum atomic E-state index is 9.60. The van der Waals surface area contributed by atoms with Crippen molar-refractivity contribution in [2.75, 3.05) is 38.2 Å². The molecule has 5 rings (SSSR count). The molecule has 1 aromatic carbocycles. The summed E-state index contributed by atoms with van der Waals surface area (Å²) in [6.07, 6.45) is 11.5. The van der Waals surface area contributed by atoms with Crippen molar-refractivity contribution < 1.29 is 33.6 Å². The predicted molar refractivity (Wildman–Crippen MR) is 187 cm³/mol. The average Bonchev–Trinajstić information content (AvgIpc) is 3.69. The van der Waals surface area contributed by atoms with Crippen LogP contribution in [0.4, 0.5) is 10.5 Å². The number of carboxylic acid groups (broad SMARTS) is 1. The normalized spacial score (nSPS) is 20.2. The number of halogens is 1. The number of ether oxygens (including phenoxy) is 1. The predicted octanol–water partition coefficient (Wildman–Crippen LogP) is 6.44. The van der Waals surface area contributed by atoms with E-state index in [1.807, 2.05) is 39.8 Å². The second-order valence-electron chi connectivity index (χ2n) is 13.4. The molecule has 0 radical (unpaired) electrons. The first-order valence-corrected chi connectivity index (χ1v) is 16.8. The van der Waals surface area contributed by atoms with Gasteiger partial charge in [0, 0.05) is 28.4 Å². The fourth-order valence-corrected chi connectivity index (χ4v) is 4.69. The summed E-state index contributed by atoms with van der Waals surface area (Å²) >= 11 is 6.37. The zero-order valence-corrected chi connectivity index (χ0v) is 30.1. The van der Waals surface area contributed by atoms with Gasteiger partial charge in [0.2, 0.25) is 0 Å². The van der Waals surface area contributed by atoms with Crippen LogP contribution in [0, 0.1) is 0 Å². The minimum atomic E-state index is -0.711. The van der Waals surface area contributed by atoms with Crippen molar-refractivity contribution in [3.8, 4) is 0 Å². The van der Waals surface area contributed by atoms with Gasteiger partial charge >= 0.3 is 13.2 Å². The monoisotopic (exact) mass is 668 g/mol. The number of carbonyl (C=O) groups is 2. The molecule has 0 bridgehead atoms. The fourth-order valence-electron chi connectivity index (χ4n) is 4.46. The molecule has 11 nitrogen and oxygen atoms in total. The van der Waals surface area contributed by atoms with Crippen LogP contribution in [0.1, 0.15) is 112 Å². The Hall–Kier alpha value is -2.54. The van der Waals surface area contributed by atoms with Gasteiger partial charge in [0.1, 0.15) is 6.61 Å². The zero-order valence-electron chi connectivity index (χ0n) is 29.3. The molecule has 1 amide bonds. The molecule has 0 unspecified atom stereocenters. The zero-order chi connectivity index (χ0) is 34.8. The first-order valence-electron chi connectivity index (χ1n) is 16.4. The third kappa shape index (κ3) is 15.8. The Morgan fingerprint density at radius 3 is 2.04 bits per heavy atom. The molecular weight excluding hydrogens is 611 g/mol. The van der Waals surface area contributed by atoms with Gasteiger partial charge in [-0.15, -0.1) is 0 Å². The SMILES string of the molecule is C1CC1.CC(C)(C)N1CCCC1.CC1(C)OB(c2cc(Cl)cc3c2/C=N\OCCCCCN3)OC1(C)C.CCOC(N)=O.O=CO. The maximum absolute atomic E-state index is 9.60. The third-order valence-electron chi connectivity index (χ3n) is 7.86. The summed E-state index contributed by atoms with van der Waals surface area (Å²) < 4.78 is 16.6. The fraction of sp³-hybridized carbons (Fsp3) is 0.727. The van der Waals surface area contributed by atoms with Crippen molar-refractivity contribution >= 4 is 48.6 Å². The summed E-state index contributed by atoms with van der Waals surface area (Å²) in [6.45, 7) is 21.0. The number of rotatable bonds is 2. The largest absolute Gasteiger partial charge is 0.495 e. The number of benzene rings is 1. The quantitative estimate of drug-likeness (QED) is 0.239. The summed E-state index contributed by atoms with van der Waals surface area (Å²) in [7, 11) is -0.504. The Bertz CT molecular complexity index is 1060. The second kappa shape index (κ2) is 20.6. The van der Waals surface area contributed by atoms with E-state index in [0.717, 1.165) is 42.5 Å². The standard InChI is InChI=1S/C18H26BClN2O3.C8H17N.C3H7NO2.C3H6.CH2O2/c1-17(2)18(3,4)25-19(24-17)15-10-13(20)11-16-14(15)12-22-23-9-7-5-6-8-21-16;1-8(2,3)9-6-4-5-7-9;1-2-6-3(4)5;1-2-3-1;2-1-3/h10-12,21H,5-9H2,1-4H3;4-7H2,1-3H3;2H2,1H3,(H2,4,5);1-3H2;1H,(H,2,3)/b22-12-;;;;. The summed E-state index contributed by atoms with van der Waals surface area (Å²) in [6, 6.07) is 3.80. The number of fused-ring (bicyclic) bond motifs is 1. The molecule has 1 saturated carbocycles. The number of anilines is 1. The Labute approximate surface area is 282 Å². The Kier molecular flexibility index (Phi) is 18.6. The van der Waals surface area contributed by atoms with E-state index in [1.165, 1.54) is 45.2 Å². The molecule has 13 heteroatoms. The van der Waals surface area contributed by atoms with Gasteiger partial charge in [0.15, 0.2) is 0 Å². The number of amides is 1. The molecule has 262 valence electrons. The first-order chi connectivity index (χ1) is 21.6. The molecule has 3 heterocycles. The van der Waals surface area contributed by atoms with Crippen LogP contribution in [0.25, 0.3) is 0 Å². The molecule has 46 heavy (non-hydrogen) atoms. The van der Waals surface area contributed by atoms with Gasteiger partial charge in [-0.1, -0.05) is 36.0 Å². The van der Waals surface area contributed by atoms with Gasteiger partial charge in [0.05, 0.1) is 24.0 Å². The molecule has 1 aromatic rings. The number of nitrogens with one attached hydrogen (secondary N) is 1. The number of nitrogens with two attached hydrogens (primary N) is 1. The van der Waals surface area contributed by atoms with Crippen molar-refractivity contribution in [1.29, 1.82) is 0 Å². The van der Waals surface area contributed by atoms with E-state index < -0.39 is 24.4 Å². The number of oxime groups is 1. The molecule has 4 N–H and O–H groups in total. The number of likely N-dealkylation sites (tertiary alicyclic amines) is 1. The molecular formula is C33H58BClN4O7. The van der Waals surface area contributed by atoms with Gasteiger partial charge in [0.25, 0.3) is 6.47 Å². The highest BCUT2D eigenvalue weighted by molar-refractivity contribution is 6.64. The van der Waals surface area contributed by atoms with Crippen molar-refractivity contribution in [3.05, 3.63) is 22.7 Å². The van der Waals surface area contributed by atoms with Crippen molar-refractivity contribution in [2.45, 2.75) is 123 Å². The smallest absolute Gasteiger partial charge is 0.483 e. The lowest BCUT2D eigenvalue weighted by molar-refractivity contribution is -0.122. The molecule has 3 fully saturated rings. The van der Waals surface area contributed by atoms with Crippen LogP contribution in [0.5, 0.6) is 0 Å². The molecule has 1 aliphatic carbocycles. The molecule has 0 aromatic heterocycles.